The van der Waals surface area contributed by atoms with Crippen LogP contribution in [0.5, 0.6) is 0 Å². The third kappa shape index (κ3) is 4.79. The molecule has 2 rings (SSSR count). The number of rotatable bonds is 8. The molecule has 1 atom stereocenters. The van der Waals surface area contributed by atoms with E-state index < -0.39 is 19.1 Å². The summed E-state index contributed by atoms with van der Waals surface area (Å²) in [7, 11) is 0. The van der Waals surface area contributed by atoms with Crippen LogP contribution in [0.3, 0.4) is 0 Å². The standard InChI is InChI=1S/C13H20F2N2O3/c14-11(15)8-19-6-5-12-16-13(20-17-12)7-10(18)9-3-1-2-4-9/h9-11,18H,1-8H2. The van der Waals surface area contributed by atoms with E-state index in [0.717, 1.165) is 25.7 Å². The van der Waals surface area contributed by atoms with Crippen molar-refractivity contribution in [2.24, 2.45) is 5.92 Å². The minimum Gasteiger partial charge on any atom is -0.392 e. The lowest BCUT2D eigenvalue weighted by Gasteiger charge is -2.14. The van der Waals surface area contributed by atoms with Crippen molar-refractivity contribution >= 4 is 0 Å². The van der Waals surface area contributed by atoms with Gasteiger partial charge < -0.3 is 14.4 Å². The van der Waals surface area contributed by atoms with E-state index in [-0.39, 0.29) is 6.61 Å². The first-order valence-corrected chi connectivity index (χ1v) is 7.00. The van der Waals surface area contributed by atoms with Gasteiger partial charge in [-0.1, -0.05) is 18.0 Å². The Balaban J connectivity index is 1.71. The maximum Gasteiger partial charge on any atom is 0.261 e. The number of alkyl halides is 2. The largest absolute Gasteiger partial charge is 0.392 e. The van der Waals surface area contributed by atoms with Crippen LogP contribution in [0.1, 0.15) is 37.4 Å². The Morgan fingerprint density at radius 2 is 2.10 bits per heavy atom. The average Bonchev–Trinajstić information content (AvgIpc) is 3.05. The first-order valence-electron chi connectivity index (χ1n) is 7.00. The highest BCUT2D eigenvalue weighted by molar-refractivity contribution is 4.90. The molecular formula is C13H20F2N2O3. The predicted octanol–water partition coefficient (Wildman–Crippen LogP) is 1.99. The number of aromatic nitrogens is 2. The minimum absolute atomic E-state index is 0.133. The molecule has 1 aromatic heterocycles. The molecule has 7 heteroatoms. The molecule has 1 aliphatic carbocycles. The lowest BCUT2D eigenvalue weighted by molar-refractivity contribution is 0.0182. The van der Waals surface area contributed by atoms with E-state index in [2.05, 4.69) is 10.1 Å². The van der Waals surface area contributed by atoms with Gasteiger partial charge in [0.15, 0.2) is 5.82 Å². The first kappa shape index (κ1) is 15.3. The SMILES string of the molecule is OC(Cc1nc(CCOCC(F)F)no1)C1CCCC1. The fraction of sp³-hybridized carbons (Fsp3) is 0.846. The molecular weight excluding hydrogens is 270 g/mol. The van der Waals surface area contributed by atoms with E-state index in [1.165, 1.54) is 0 Å². The quantitative estimate of drug-likeness (QED) is 0.741. The number of ether oxygens (including phenoxy) is 1. The third-order valence-electron chi connectivity index (χ3n) is 3.55. The van der Waals surface area contributed by atoms with E-state index in [1.807, 2.05) is 0 Å². The Bertz CT molecular complexity index is 395. The van der Waals surface area contributed by atoms with Gasteiger partial charge in [-0.3, -0.25) is 0 Å². The summed E-state index contributed by atoms with van der Waals surface area (Å²) in [4.78, 5) is 4.13. The summed E-state index contributed by atoms with van der Waals surface area (Å²) in [5.74, 6) is 1.14. The van der Waals surface area contributed by atoms with Crippen molar-refractivity contribution in [1.29, 1.82) is 0 Å². The Morgan fingerprint density at radius 1 is 1.35 bits per heavy atom. The molecule has 1 aliphatic rings. The highest BCUT2D eigenvalue weighted by atomic mass is 19.3. The van der Waals surface area contributed by atoms with Gasteiger partial charge in [-0.15, -0.1) is 0 Å². The fourth-order valence-electron chi connectivity index (χ4n) is 2.50. The minimum atomic E-state index is -2.46. The molecule has 0 aromatic carbocycles. The van der Waals surface area contributed by atoms with Gasteiger partial charge in [0.25, 0.3) is 6.43 Å². The second kappa shape index (κ2) is 7.64. The topological polar surface area (TPSA) is 68.4 Å². The van der Waals surface area contributed by atoms with Crippen molar-refractivity contribution in [3.05, 3.63) is 11.7 Å². The van der Waals surface area contributed by atoms with E-state index >= 15 is 0 Å². The van der Waals surface area contributed by atoms with Gasteiger partial charge in [0.05, 0.1) is 19.1 Å². The lowest BCUT2D eigenvalue weighted by atomic mass is 9.98. The van der Waals surface area contributed by atoms with E-state index in [9.17, 15) is 13.9 Å². The molecule has 1 unspecified atom stereocenters. The summed E-state index contributed by atoms with van der Waals surface area (Å²) < 4.78 is 33.5. The summed E-state index contributed by atoms with van der Waals surface area (Å²) in [5, 5.41) is 13.8. The van der Waals surface area contributed by atoms with Gasteiger partial charge >= 0.3 is 0 Å². The van der Waals surface area contributed by atoms with Crippen LogP contribution in [0.15, 0.2) is 4.52 Å². The smallest absolute Gasteiger partial charge is 0.261 e. The van der Waals surface area contributed by atoms with Gasteiger partial charge in [-0.05, 0) is 18.8 Å². The number of hydrogen-bond acceptors (Lipinski definition) is 5. The van der Waals surface area contributed by atoms with Crippen LogP contribution in [0.2, 0.25) is 0 Å². The Hall–Kier alpha value is -1.08. The molecule has 0 aliphatic heterocycles. The summed E-state index contributed by atoms with van der Waals surface area (Å²) in [5.41, 5.74) is 0. The molecule has 0 spiro atoms. The second-order valence-corrected chi connectivity index (χ2v) is 5.14. The molecule has 0 bridgehead atoms. The van der Waals surface area contributed by atoms with Crippen LogP contribution in [0.4, 0.5) is 8.78 Å². The van der Waals surface area contributed by atoms with Gasteiger partial charge in [0.1, 0.15) is 6.61 Å². The van der Waals surface area contributed by atoms with Crippen molar-refractivity contribution in [2.75, 3.05) is 13.2 Å². The molecule has 0 amide bonds. The monoisotopic (exact) mass is 290 g/mol. The third-order valence-corrected chi connectivity index (χ3v) is 3.55. The predicted molar refractivity (Wildman–Crippen MR) is 66.5 cm³/mol. The van der Waals surface area contributed by atoms with Crippen molar-refractivity contribution in [2.45, 2.75) is 51.1 Å². The summed E-state index contributed by atoms with van der Waals surface area (Å²) in [6.45, 7) is -0.445. The molecule has 114 valence electrons. The summed E-state index contributed by atoms with van der Waals surface area (Å²) >= 11 is 0. The lowest BCUT2D eigenvalue weighted by Crippen LogP contribution is -2.20. The van der Waals surface area contributed by atoms with E-state index in [1.54, 1.807) is 0 Å². The molecule has 1 aromatic rings. The highest BCUT2D eigenvalue weighted by Gasteiger charge is 2.25. The average molecular weight is 290 g/mol. The zero-order valence-electron chi connectivity index (χ0n) is 11.3. The molecule has 0 saturated heterocycles. The fourth-order valence-corrected chi connectivity index (χ4v) is 2.50. The second-order valence-electron chi connectivity index (χ2n) is 5.14. The van der Waals surface area contributed by atoms with Gasteiger partial charge in [0, 0.05) is 6.42 Å². The van der Waals surface area contributed by atoms with Crippen molar-refractivity contribution in [3.8, 4) is 0 Å². The van der Waals surface area contributed by atoms with Crippen molar-refractivity contribution in [3.63, 3.8) is 0 Å². The van der Waals surface area contributed by atoms with Crippen molar-refractivity contribution in [1.82, 2.24) is 10.1 Å². The highest BCUT2D eigenvalue weighted by Crippen LogP contribution is 2.28. The number of aliphatic hydroxyl groups is 1. The Morgan fingerprint density at radius 3 is 2.80 bits per heavy atom. The van der Waals surface area contributed by atoms with Crippen LogP contribution in [0, 0.1) is 5.92 Å². The maximum atomic E-state index is 11.9. The molecule has 20 heavy (non-hydrogen) atoms. The van der Waals surface area contributed by atoms with Crippen LogP contribution in [-0.2, 0) is 17.6 Å². The zero-order valence-corrected chi connectivity index (χ0v) is 11.3. The molecule has 5 nitrogen and oxygen atoms in total. The number of nitrogens with zero attached hydrogens (tertiary/aromatic N) is 2. The Labute approximate surface area is 116 Å². The number of hydrogen-bond donors (Lipinski definition) is 1. The van der Waals surface area contributed by atoms with Crippen LogP contribution in [0.25, 0.3) is 0 Å². The number of aliphatic hydroxyl groups excluding tert-OH is 1. The van der Waals surface area contributed by atoms with Crippen LogP contribution >= 0.6 is 0 Å². The molecule has 1 heterocycles. The van der Waals surface area contributed by atoms with Crippen LogP contribution < -0.4 is 0 Å². The normalized spacial score (nSPS) is 18.0. The van der Waals surface area contributed by atoms with E-state index in [4.69, 9.17) is 9.26 Å². The molecule has 1 N–H and O–H groups in total. The number of halogens is 2. The first-order chi connectivity index (χ1) is 9.65. The van der Waals surface area contributed by atoms with Gasteiger partial charge in [0.2, 0.25) is 5.89 Å². The zero-order chi connectivity index (χ0) is 14.4. The molecule has 0 radical (unpaired) electrons. The Kier molecular flexibility index (Phi) is 5.85. The van der Waals surface area contributed by atoms with Crippen LogP contribution in [-0.4, -0.2) is 41.0 Å². The van der Waals surface area contributed by atoms with Gasteiger partial charge in [-0.25, -0.2) is 8.78 Å². The van der Waals surface area contributed by atoms with Gasteiger partial charge in [-0.2, -0.15) is 4.98 Å². The van der Waals surface area contributed by atoms with E-state index in [0.29, 0.717) is 30.5 Å². The molecule has 1 fully saturated rings. The van der Waals surface area contributed by atoms with Crippen molar-refractivity contribution < 1.29 is 23.1 Å². The maximum absolute atomic E-state index is 11.9. The summed E-state index contributed by atoms with van der Waals surface area (Å²) in [6.07, 6.45) is 2.20. The molecule has 1 saturated carbocycles. The summed E-state index contributed by atoms with van der Waals surface area (Å²) in [6, 6.07) is 0.